The number of benzene rings is 1. The van der Waals surface area contributed by atoms with E-state index < -0.39 is 5.97 Å². The molecule has 1 aromatic carbocycles. The molecule has 0 atom stereocenters. The molecule has 18 heavy (non-hydrogen) atoms. The topological polar surface area (TPSA) is 55.0 Å². The Balaban J connectivity index is 2.36. The molecule has 0 amide bonds. The zero-order valence-corrected chi connectivity index (χ0v) is 10.2. The van der Waals surface area contributed by atoms with Crippen LogP contribution in [0.15, 0.2) is 24.3 Å². The summed E-state index contributed by atoms with van der Waals surface area (Å²) in [7, 11) is 0. The van der Waals surface area contributed by atoms with Gasteiger partial charge in [-0.25, -0.2) is 9.18 Å². The number of nitrogens with zero attached hydrogens (tertiary/aromatic N) is 1. The molecule has 0 saturated heterocycles. The molecule has 1 heterocycles. The van der Waals surface area contributed by atoms with E-state index in [2.05, 4.69) is 10.2 Å². The van der Waals surface area contributed by atoms with E-state index in [9.17, 15) is 9.18 Å². The van der Waals surface area contributed by atoms with Gasteiger partial charge in [0.25, 0.3) is 0 Å². The Morgan fingerprint density at radius 2 is 2.06 bits per heavy atom. The van der Waals surface area contributed by atoms with Gasteiger partial charge in [0.1, 0.15) is 11.5 Å². The number of rotatable bonds is 3. The van der Waals surface area contributed by atoms with Crippen LogP contribution in [0.1, 0.15) is 23.0 Å². The maximum atomic E-state index is 12.8. The number of halogens is 1. The molecule has 1 N–H and O–H groups in total. The Morgan fingerprint density at radius 1 is 1.39 bits per heavy atom. The second-order valence-electron chi connectivity index (χ2n) is 3.80. The van der Waals surface area contributed by atoms with E-state index in [1.54, 1.807) is 26.0 Å². The van der Waals surface area contributed by atoms with Gasteiger partial charge in [-0.05, 0) is 38.1 Å². The van der Waals surface area contributed by atoms with Crippen LogP contribution < -0.4 is 0 Å². The third kappa shape index (κ3) is 2.25. The highest BCUT2D eigenvalue weighted by Crippen LogP contribution is 2.23. The summed E-state index contributed by atoms with van der Waals surface area (Å²) in [5.74, 6) is -0.742. The predicted octanol–water partition coefficient (Wildman–Crippen LogP) is 2.70. The Hall–Kier alpha value is -2.17. The molecule has 0 radical (unpaired) electrons. The van der Waals surface area contributed by atoms with E-state index in [1.807, 2.05) is 0 Å². The second-order valence-corrected chi connectivity index (χ2v) is 3.80. The van der Waals surface area contributed by atoms with Gasteiger partial charge < -0.3 is 4.74 Å². The van der Waals surface area contributed by atoms with E-state index in [-0.39, 0.29) is 5.82 Å². The average Bonchev–Trinajstić information content (AvgIpc) is 2.73. The summed E-state index contributed by atoms with van der Waals surface area (Å²) in [6.45, 7) is 3.82. The summed E-state index contributed by atoms with van der Waals surface area (Å²) in [5.41, 5.74) is 2.40. The molecule has 0 saturated carbocycles. The fraction of sp³-hybridized carbons (Fsp3) is 0.231. The molecule has 2 rings (SSSR count). The molecule has 0 aliphatic heterocycles. The van der Waals surface area contributed by atoms with Crippen molar-refractivity contribution >= 4 is 5.97 Å². The van der Waals surface area contributed by atoms with Gasteiger partial charge in [-0.15, -0.1) is 0 Å². The van der Waals surface area contributed by atoms with Crippen molar-refractivity contribution in [1.82, 2.24) is 10.2 Å². The SMILES string of the molecule is CCOC(=O)c1[nH]nc(-c2ccc(F)cc2)c1C. The molecular weight excluding hydrogens is 235 g/mol. The first kappa shape index (κ1) is 12.3. The summed E-state index contributed by atoms with van der Waals surface area (Å²) in [5, 5.41) is 6.72. The number of carbonyl (C=O) groups is 1. The smallest absolute Gasteiger partial charge is 0.356 e. The van der Waals surface area contributed by atoms with Gasteiger partial charge >= 0.3 is 5.97 Å². The van der Waals surface area contributed by atoms with Crippen LogP contribution in [0.25, 0.3) is 11.3 Å². The molecule has 5 heteroatoms. The highest BCUT2D eigenvalue weighted by atomic mass is 19.1. The van der Waals surface area contributed by atoms with Crippen molar-refractivity contribution in [1.29, 1.82) is 0 Å². The van der Waals surface area contributed by atoms with Crippen LogP contribution in [0.5, 0.6) is 0 Å². The average molecular weight is 248 g/mol. The van der Waals surface area contributed by atoms with Gasteiger partial charge in [0.15, 0.2) is 0 Å². The fourth-order valence-electron chi connectivity index (χ4n) is 1.69. The molecule has 94 valence electrons. The van der Waals surface area contributed by atoms with Crippen LogP contribution in [0.4, 0.5) is 4.39 Å². The van der Waals surface area contributed by atoms with Crippen molar-refractivity contribution in [2.24, 2.45) is 0 Å². The lowest BCUT2D eigenvalue weighted by Crippen LogP contribution is -2.06. The van der Waals surface area contributed by atoms with Crippen molar-refractivity contribution in [3.63, 3.8) is 0 Å². The highest BCUT2D eigenvalue weighted by molar-refractivity contribution is 5.91. The number of esters is 1. The number of hydrogen-bond acceptors (Lipinski definition) is 3. The van der Waals surface area contributed by atoms with E-state index >= 15 is 0 Å². The monoisotopic (exact) mass is 248 g/mol. The standard InChI is InChI=1S/C13H13FN2O2/c1-3-18-13(17)12-8(2)11(15-16-12)9-4-6-10(14)7-5-9/h4-7H,3H2,1-2H3,(H,15,16). The van der Waals surface area contributed by atoms with Crippen molar-refractivity contribution in [2.45, 2.75) is 13.8 Å². The molecule has 1 aromatic heterocycles. The van der Waals surface area contributed by atoms with Crippen LogP contribution in [-0.4, -0.2) is 22.8 Å². The molecule has 0 unspecified atom stereocenters. The van der Waals surface area contributed by atoms with E-state index in [4.69, 9.17) is 4.74 Å². The summed E-state index contributed by atoms with van der Waals surface area (Å²) < 4.78 is 17.7. The van der Waals surface area contributed by atoms with Crippen molar-refractivity contribution < 1.29 is 13.9 Å². The molecule has 0 spiro atoms. The first-order valence-electron chi connectivity index (χ1n) is 5.61. The number of ether oxygens (including phenoxy) is 1. The van der Waals surface area contributed by atoms with Crippen LogP contribution in [0, 0.1) is 12.7 Å². The first-order chi connectivity index (χ1) is 8.63. The lowest BCUT2D eigenvalue weighted by atomic mass is 10.1. The summed E-state index contributed by atoms with van der Waals surface area (Å²) in [4.78, 5) is 11.6. The normalized spacial score (nSPS) is 10.4. The van der Waals surface area contributed by atoms with E-state index in [1.165, 1.54) is 12.1 Å². The van der Waals surface area contributed by atoms with Crippen LogP contribution in [0.3, 0.4) is 0 Å². The van der Waals surface area contributed by atoms with Crippen molar-refractivity contribution in [3.05, 3.63) is 41.3 Å². The lowest BCUT2D eigenvalue weighted by Gasteiger charge is -2.01. The Bertz CT molecular complexity index is 561. The molecule has 2 aromatic rings. The highest BCUT2D eigenvalue weighted by Gasteiger charge is 2.17. The van der Waals surface area contributed by atoms with E-state index in [0.29, 0.717) is 23.6 Å². The largest absolute Gasteiger partial charge is 0.461 e. The summed E-state index contributed by atoms with van der Waals surface area (Å²) in [6, 6.07) is 5.95. The van der Waals surface area contributed by atoms with Crippen LogP contribution in [-0.2, 0) is 4.74 Å². The minimum absolute atomic E-state index is 0.308. The molecule has 0 fully saturated rings. The number of aromatic amines is 1. The van der Waals surface area contributed by atoms with Crippen LogP contribution in [0.2, 0.25) is 0 Å². The minimum atomic E-state index is -0.434. The zero-order valence-electron chi connectivity index (χ0n) is 10.2. The maximum absolute atomic E-state index is 12.8. The van der Waals surface area contributed by atoms with Gasteiger partial charge in [0, 0.05) is 11.1 Å². The van der Waals surface area contributed by atoms with Crippen LogP contribution >= 0.6 is 0 Å². The third-order valence-corrected chi connectivity index (χ3v) is 2.61. The van der Waals surface area contributed by atoms with Gasteiger partial charge in [-0.3, -0.25) is 5.10 Å². The Labute approximate surface area is 104 Å². The molecule has 0 aliphatic rings. The molecule has 4 nitrogen and oxygen atoms in total. The molecule has 0 bridgehead atoms. The fourth-order valence-corrected chi connectivity index (χ4v) is 1.69. The first-order valence-corrected chi connectivity index (χ1v) is 5.61. The maximum Gasteiger partial charge on any atom is 0.356 e. The zero-order chi connectivity index (χ0) is 13.1. The number of aromatic nitrogens is 2. The predicted molar refractivity (Wildman–Crippen MR) is 64.7 cm³/mol. The molecular formula is C13H13FN2O2. The molecule has 0 aliphatic carbocycles. The van der Waals surface area contributed by atoms with Crippen molar-refractivity contribution in [2.75, 3.05) is 6.61 Å². The Kier molecular flexibility index (Phi) is 3.41. The van der Waals surface area contributed by atoms with Gasteiger partial charge in [0.05, 0.1) is 12.3 Å². The number of H-pyrrole nitrogens is 1. The lowest BCUT2D eigenvalue weighted by molar-refractivity contribution is 0.0518. The quantitative estimate of drug-likeness (QED) is 0.850. The minimum Gasteiger partial charge on any atom is -0.461 e. The number of nitrogens with one attached hydrogen (secondary N) is 1. The number of carbonyl (C=O) groups excluding carboxylic acids is 1. The van der Waals surface area contributed by atoms with Gasteiger partial charge in [-0.1, -0.05) is 0 Å². The van der Waals surface area contributed by atoms with Gasteiger partial charge in [-0.2, -0.15) is 5.10 Å². The second kappa shape index (κ2) is 5.00. The summed E-state index contributed by atoms with van der Waals surface area (Å²) in [6.07, 6.45) is 0. The Morgan fingerprint density at radius 3 is 2.67 bits per heavy atom. The number of hydrogen-bond donors (Lipinski definition) is 1. The third-order valence-electron chi connectivity index (χ3n) is 2.61. The van der Waals surface area contributed by atoms with E-state index in [0.717, 1.165) is 5.56 Å². The van der Waals surface area contributed by atoms with Gasteiger partial charge in [0.2, 0.25) is 0 Å². The van der Waals surface area contributed by atoms with Crippen molar-refractivity contribution in [3.8, 4) is 11.3 Å². The summed E-state index contributed by atoms with van der Waals surface area (Å²) >= 11 is 0.